The first kappa shape index (κ1) is 16.5. The number of rotatable bonds is 6. The molecule has 0 aliphatic carbocycles. The number of carbonyl (C=O) groups excluding carboxylic acids is 2. The Bertz CT molecular complexity index is 484. The molecule has 0 atom stereocenters. The predicted molar refractivity (Wildman–Crippen MR) is 84.1 cm³/mol. The van der Waals surface area contributed by atoms with Crippen LogP contribution in [0.15, 0.2) is 30.3 Å². The average molecular weight is 304 g/mol. The fraction of sp³-hybridized carbons (Fsp3) is 0.529. The van der Waals surface area contributed by atoms with E-state index in [1.54, 1.807) is 4.90 Å². The molecule has 120 valence electrons. The molecule has 5 heteroatoms. The first-order chi connectivity index (χ1) is 10.7. The van der Waals surface area contributed by atoms with Gasteiger partial charge in [0.1, 0.15) is 0 Å². The molecule has 1 N–H and O–H groups in total. The van der Waals surface area contributed by atoms with Crippen molar-refractivity contribution in [1.82, 2.24) is 10.2 Å². The highest BCUT2D eigenvalue weighted by atomic mass is 16.5. The van der Waals surface area contributed by atoms with E-state index in [9.17, 15) is 9.59 Å². The van der Waals surface area contributed by atoms with Gasteiger partial charge in [0.05, 0.1) is 6.54 Å². The van der Waals surface area contributed by atoms with Crippen LogP contribution in [0.25, 0.3) is 0 Å². The molecule has 1 aromatic carbocycles. The first-order valence-corrected chi connectivity index (χ1v) is 7.88. The van der Waals surface area contributed by atoms with E-state index in [2.05, 4.69) is 5.32 Å². The lowest BCUT2D eigenvalue weighted by Crippen LogP contribution is -2.42. The number of benzene rings is 1. The fourth-order valence-electron chi connectivity index (χ4n) is 2.56. The second-order valence-electron chi connectivity index (χ2n) is 5.50. The quantitative estimate of drug-likeness (QED) is 0.868. The van der Waals surface area contributed by atoms with Gasteiger partial charge in [0.2, 0.25) is 11.8 Å². The lowest BCUT2D eigenvalue weighted by atomic mass is 9.99. The molecule has 0 saturated carbocycles. The van der Waals surface area contributed by atoms with Crippen LogP contribution < -0.4 is 5.32 Å². The Kier molecular flexibility index (Phi) is 6.40. The number of hydrogen-bond donors (Lipinski definition) is 1. The van der Waals surface area contributed by atoms with Crippen LogP contribution in [0.2, 0.25) is 0 Å². The summed E-state index contributed by atoms with van der Waals surface area (Å²) in [5, 5.41) is 2.77. The lowest BCUT2D eigenvalue weighted by molar-refractivity contribution is -0.135. The maximum atomic E-state index is 12.3. The third-order valence-electron chi connectivity index (χ3n) is 3.96. The molecule has 0 radical (unpaired) electrons. The summed E-state index contributed by atoms with van der Waals surface area (Å²) in [5.41, 5.74) is 1.09. The Morgan fingerprint density at radius 2 is 1.91 bits per heavy atom. The normalized spacial score (nSPS) is 15.3. The molecule has 0 bridgehead atoms. The van der Waals surface area contributed by atoms with E-state index in [1.165, 1.54) is 0 Å². The number of ether oxygens (including phenoxy) is 1. The SMILES string of the molecule is CCN(Cc1ccccc1)C(=O)CNC(=O)C1CCOCC1. The minimum absolute atomic E-state index is 0.0225. The third kappa shape index (κ3) is 4.84. The van der Waals surface area contributed by atoms with Gasteiger partial charge < -0.3 is 15.0 Å². The molecule has 2 amide bonds. The summed E-state index contributed by atoms with van der Waals surface area (Å²) in [5.74, 6) is -0.107. The molecule has 1 aliphatic rings. The molecule has 2 rings (SSSR count). The zero-order chi connectivity index (χ0) is 15.8. The number of hydrogen-bond acceptors (Lipinski definition) is 3. The topological polar surface area (TPSA) is 58.6 Å². The second kappa shape index (κ2) is 8.54. The summed E-state index contributed by atoms with van der Waals surface area (Å²) < 4.78 is 5.24. The van der Waals surface area contributed by atoms with Gasteiger partial charge in [-0.1, -0.05) is 30.3 Å². The first-order valence-electron chi connectivity index (χ1n) is 7.88. The van der Waals surface area contributed by atoms with Crippen LogP contribution in [0, 0.1) is 5.92 Å². The van der Waals surface area contributed by atoms with Crippen LogP contribution >= 0.6 is 0 Å². The van der Waals surface area contributed by atoms with Gasteiger partial charge >= 0.3 is 0 Å². The van der Waals surface area contributed by atoms with Crippen molar-refractivity contribution in [3.05, 3.63) is 35.9 Å². The van der Waals surface area contributed by atoms with Crippen LogP contribution in [-0.4, -0.2) is 43.0 Å². The van der Waals surface area contributed by atoms with E-state index in [-0.39, 0.29) is 24.3 Å². The molecular formula is C17H24N2O3. The third-order valence-corrected chi connectivity index (χ3v) is 3.96. The van der Waals surface area contributed by atoms with E-state index >= 15 is 0 Å². The van der Waals surface area contributed by atoms with E-state index < -0.39 is 0 Å². The number of likely N-dealkylation sites (N-methyl/N-ethyl adjacent to an activating group) is 1. The fourth-order valence-corrected chi connectivity index (χ4v) is 2.56. The Hall–Kier alpha value is -1.88. The van der Waals surface area contributed by atoms with Crippen molar-refractivity contribution < 1.29 is 14.3 Å². The van der Waals surface area contributed by atoms with Gasteiger partial charge in [-0.05, 0) is 25.3 Å². The average Bonchev–Trinajstić information content (AvgIpc) is 2.59. The lowest BCUT2D eigenvalue weighted by Gasteiger charge is -2.23. The Morgan fingerprint density at radius 1 is 1.23 bits per heavy atom. The maximum absolute atomic E-state index is 12.3. The molecule has 1 fully saturated rings. The van der Waals surface area contributed by atoms with Crippen LogP contribution in [0.1, 0.15) is 25.3 Å². The monoisotopic (exact) mass is 304 g/mol. The van der Waals surface area contributed by atoms with Crippen molar-refractivity contribution in [3.8, 4) is 0 Å². The van der Waals surface area contributed by atoms with Crippen molar-refractivity contribution in [3.63, 3.8) is 0 Å². The van der Waals surface area contributed by atoms with Gasteiger partial charge in [0.15, 0.2) is 0 Å². The highest BCUT2D eigenvalue weighted by Crippen LogP contribution is 2.14. The van der Waals surface area contributed by atoms with Crippen LogP contribution in [0.3, 0.4) is 0 Å². The number of nitrogens with one attached hydrogen (secondary N) is 1. The zero-order valence-electron chi connectivity index (χ0n) is 13.1. The zero-order valence-corrected chi connectivity index (χ0v) is 13.1. The smallest absolute Gasteiger partial charge is 0.242 e. The molecule has 0 unspecified atom stereocenters. The summed E-state index contributed by atoms with van der Waals surface area (Å²) in [4.78, 5) is 26.0. The summed E-state index contributed by atoms with van der Waals surface area (Å²) in [6.45, 7) is 4.46. The highest BCUT2D eigenvalue weighted by Gasteiger charge is 2.22. The molecule has 5 nitrogen and oxygen atoms in total. The van der Waals surface area contributed by atoms with E-state index in [1.807, 2.05) is 37.3 Å². The number of nitrogens with zero attached hydrogens (tertiary/aromatic N) is 1. The van der Waals surface area contributed by atoms with Crippen molar-refractivity contribution in [2.24, 2.45) is 5.92 Å². The molecular weight excluding hydrogens is 280 g/mol. The van der Waals surface area contributed by atoms with Crippen LogP contribution in [0.5, 0.6) is 0 Å². The standard InChI is InChI=1S/C17H24N2O3/c1-2-19(13-14-6-4-3-5-7-14)16(20)12-18-17(21)15-8-10-22-11-9-15/h3-7,15H,2,8-13H2,1H3,(H,18,21). The molecule has 0 aromatic heterocycles. The minimum atomic E-state index is -0.0493. The summed E-state index contributed by atoms with van der Waals surface area (Å²) in [7, 11) is 0. The van der Waals surface area contributed by atoms with Crippen molar-refractivity contribution in [2.45, 2.75) is 26.3 Å². The predicted octanol–water partition coefficient (Wildman–Crippen LogP) is 1.58. The number of carbonyl (C=O) groups is 2. The van der Waals surface area contributed by atoms with Gasteiger partial charge in [-0.2, -0.15) is 0 Å². The number of amides is 2. The summed E-state index contributed by atoms with van der Waals surface area (Å²) in [6, 6.07) is 9.87. The summed E-state index contributed by atoms with van der Waals surface area (Å²) in [6.07, 6.45) is 1.48. The maximum Gasteiger partial charge on any atom is 0.242 e. The van der Waals surface area contributed by atoms with Gasteiger partial charge in [0.25, 0.3) is 0 Å². The van der Waals surface area contributed by atoms with E-state index in [4.69, 9.17) is 4.74 Å². The Balaban J connectivity index is 1.80. The second-order valence-corrected chi connectivity index (χ2v) is 5.50. The summed E-state index contributed by atoms with van der Waals surface area (Å²) >= 11 is 0. The Labute approximate surface area is 131 Å². The van der Waals surface area contributed by atoms with Gasteiger partial charge in [-0.3, -0.25) is 9.59 Å². The van der Waals surface area contributed by atoms with Gasteiger partial charge in [0, 0.05) is 32.2 Å². The van der Waals surface area contributed by atoms with Crippen molar-refractivity contribution >= 4 is 11.8 Å². The highest BCUT2D eigenvalue weighted by molar-refractivity contribution is 5.85. The van der Waals surface area contributed by atoms with Gasteiger partial charge in [-0.25, -0.2) is 0 Å². The molecule has 1 aliphatic heterocycles. The van der Waals surface area contributed by atoms with Crippen molar-refractivity contribution in [1.29, 1.82) is 0 Å². The molecule has 1 aromatic rings. The van der Waals surface area contributed by atoms with E-state index in [0.717, 1.165) is 18.4 Å². The largest absolute Gasteiger partial charge is 0.381 e. The molecule has 0 spiro atoms. The molecule has 22 heavy (non-hydrogen) atoms. The van der Waals surface area contributed by atoms with Crippen LogP contribution in [0.4, 0.5) is 0 Å². The molecule has 1 saturated heterocycles. The molecule has 1 heterocycles. The van der Waals surface area contributed by atoms with Crippen LogP contribution in [-0.2, 0) is 20.9 Å². The van der Waals surface area contributed by atoms with Gasteiger partial charge in [-0.15, -0.1) is 0 Å². The Morgan fingerprint density at radius 3 is 2.55 bits per heavy atom. The minimum Gasteiger partial charge on any atom is -0.381 e. The van der Waals surface area contributed by atoms with Crippen molar-refractivity contribution in [2.75, 3.05) is 26.3 Å². The van der Waals surface area contributed by atoms with E-state index in [0.29, 0.717) is 26.3 Å².